The number of ketones is 1. The molecule has 1 aromatic carbocycles. The van der Waals surface area contributed by atoms with Crippen LogP contribution in [0.25, 0.3) is 0 Å². The first-order valence-electron chi connectivity index (χ1n) is 16.7. The second-order valence-electron chi connectivity index (χ2n) is 14.5. The third-order valence-electron chi connectivity index (χ3n) is 10.9. The number of benzene rings is 1. The molecule has 14 nitrogen and oxygen atoms in total. The minimum absolute atomic E-state index is 0.0345. The number of fused-ring (bicyclic) bond motifs is 5. The molecule has 1 aliphatic heterocycles. The lowest BCUT2D eigenvalue weighted by Gasteiger charge is -2.67. The molecule has 2 bridgehead atoms. The Morgan fingerprint density at radius 2 is 1.47 bits per heavy atom. The minimum Gasteiger partial charge on any atom is -0.455 e. The van der Waals surface area contributed by atoms with Gasteiger partial charge in [0.2, 0.25) is 7.59 Å². The van der Waals surface area contributed by atoms with Crippen molar-refractivity contribution in [1.29, 1.82) is 0 Å². The van der Waals surface area contributed by atoms with Crippen LogP contribution in [0.5, 0.6) is 0 Å². The van der Waals surface area contributed by atoms with Crippen molar-refractivity contribution in [3.63, 3.8) is 0 Å². The molecule has 1 radical (unpaired) electrons. The molecule has 8 atom stereocenters. The summed E-state index contributed by atoms with van der Waals surface area (Å²) >= 11 is 34.7. The first-order chi connectivity index (χ1) is 25.3. The molecular weight excluding hydrogens is 857 g/mol. The normalized spacial score (nSPS) is 33.0. The topological polar surface area (TPSA) is 190 Å². The highest BCUT2D eigenvalue weighted by Crippen LogP contribution is 2.65. The lowest BCUT2D eigenvalue weighted by Crippen LogP contribution is -2.82. The van der Waals surface area contributed by atoms with Crippen LogP contribution in [0.1, 0.15) is 57.8 Å². The highest BCUT2D eigenvalue weighted by Gasteiger charge is 2.79. The molecule has 0 aromatic heterocycles. The van der Waals surface area contributed by atoms with Crippen molar-refractivity contribution in [1.82, 2.24) is 0 Å². The molecule has 0 unspecified atom stereocenters. The van der Waals surface area contributed by atoms with Crippen LogP contribution in [0, 0.1) is 22.9 Å². The average Bonchev–Trinajstić information content (AvgIpc) is 3.07. The van der Waals surface area contributed by atoms with Gasteiger partial charge in [-0.25, -0.2) is 14.4 Å². The van der Waals surface area contributed by atoms with Gasteiger partial charge in [-0.05, 0) is 37.1 Å². The van der Waals surface area contributed by atoms with E-state index >= 15 is 4.79 Å². The molecule has 1 saturated heterocycles. The van der Waals surface area contributed by atoms with Crippen molar-refractivity contribution >= 4 is 99.6 Å². The van der Waals surface area contributed by atoms with Gasteiger partial charge >= 0.3 is 24.2 Å². The molecule has 3 aliphatic carbocycles. The molecule has 20 heteroatoms. The van der Waals surface area contributed by atoms with Gasteiger partial charge in [-0.1, -0.05) is 102 Å². The van der Waals surface area contributed by atoms with E-state index in [1.807, 2.05) is 0 Å². The summed E-state index contributed by atoms with van der Waals surface area (Å²) in [4.78, 5) is 69.2. The summed E-state index contributed by atoms with van der Waals surface area (Å²) in [6.45, 7) is 4.82. The van der Waals surface area contributed by atoms with Crippen LogP contribution in [0.4, 0.5) is 9.59 Å². The highest BCUT2D eigenvalue weighted by molar-refractivity contribution is 6.68. The quantitative estimate of drug-likeness (QED) is 0.167. The maximum absolute atomic E-state index is 15.6. The average molecular weight is 894 g/mol. The van der Waals surface area contributed by atoms with E-state index in [-0.39, 0.29) is 29.7 Å². The van der Waals surface area contributed by atoms with Gasteiger partial charge in [0.05, 0.1) is 23.5 Å². The Morgan fingerprint density at radius 3 is 1.98 bits per heavy atom. The Kier molecular flexibility index (Phi) is 12.3. The maximum Gasteiger partial charge on any atom is 0.509 e. The lowest BCUT2D eigenvalue weighted by molar-refractivity contribution is -0.345. The van der Waals surface area contributed by atoms with E-state index in [1.165, 1.54) is 39.8 Å². The van der Waals surface area contributed by atoms with E-state index in [9.17, 15) is 29.4 Å². The van der Waals surface area contributed by atoms with E-state index in [1.54, 1.807) is 18.2 Å². The number of rotatable bonds is 7. The summed E-state index contributed by atoms with van der Waals surface area (Å²) in [5.74, 6) is -4.52. The van der Waals surface area contributed by atoms with Crippen LogP contribution in [0.3, 0.4) is 0 Å². The van der Waals surface area contributed by atoms with Gasteiger partial charge < -0.3 is 43.4 Å². The fourth-order valence-corrected chi connectivity index (χ4v) is 8.61. The van der Waals surface area contributed by atoms with E-state index in [2.05, 4.69) is 0 Å². The fourth-order valence-electron chi connectivity index (χ4n) is 8.28. The third kappa shape index (κ3) is 8.22. The van der Waals surface area contributed by atoms with Gasteiger partial charge in [0.25, 0.3) is 0 Å². The Labute approximate surface area is 345 Å². The molecule has 0 spiro atoms. The number of hydrogen-bond donors (Lipinski definition) is 2. The number of ether oxygens (including phenoxy) is 7. The zero-order valence-electron chi connectivity index (χ0n) is 29.9. The zero-order valence-corrected chi connectivity index (χ0v) is 34.4. The molecule has 55 heavy (non-hydrogen) atoms. The number of carbonyl (C=O) groups is 5. The number of hydrogen-bond acceptors (Lipinski definition) is 14. The van der Waals surface area contributed by atoms with Gasteiger partial charge in [0.1, 0.15) is 43.2 Å². The number of aliphatic hydroxyl groups excluding tert-OH is 1. The van der Waals surface area contributed by atoms with Crippen molar-refractivity contribution in [3.8, 4) is 0 Å². The summed E-state index contributed by atoms with van der Waals surface area (Å²) in [6.07, 6.45) is -11.0. The lowest BCUT2D eigenvalue weighted by atomic mass is 9.44. The Morgan fingerprint density at radius 1 is 0.909 bits per heavy atom. The number of halogens is 6. The molecule has 0 amide bonds. The number of alkyl halides is 6. The van der Waals surface area contributed by atoms with E-state index in [0.29, 0.717) is 0 Å². The van der Waals surface area contributed by atoms with Gasteiger partial charge in [-0.3, -0.25) is 9.59 Å². The van der Waals surface area contributed by atoms with Gasteiger partial charge in [-0.15, -0.1) is 0 Å². The van der Waals surface area contributed by atoms with E-state index < -0.39 is 116 Å². The van der Waals surface area contributed by atoms with Crippen molar-refractivity contribution in [3.05, 3.63) is 53.1 Å². The van der Waals surface area contributed by atoms with Crippen molar-refractivity contribution < 1.29 is 67.3 Å². The smallest absolute Gasteiger partial charge is 0.455 e. The van der Waals surface area contributed by atoms with Crippen LogP contribution in [0.2, 0.25) is 0 Å². The highest BCUT2D eigenvalue weighted by atomic mass is 35.6. The van der Waals surface area contributed by atoms with Crippen LogP contribution in [0.15, 0.2) is 41.5 Å². The number of carbonyl (C=O) groups excluding carboxylic acids is 5. The number of aliphatic hydroxyl groups is 2. The van der Waals surface area contributed by atoms with Crippen molar-refractivity contribution in [2.24, 2.45) is 16.7 Å². The maximum atomic E-state index is 15.6. The molecule has 1 aromatic rings. The Hall–Kier alpha value is -2.27. The van der Waals surface area contributed by atoms with Gasteiger partial charge in [0.15, 0.2) is 17.5 Å². The van der Waals surface area contributed by atoms with Crippen LogP contribution in [-0.2, 0) is 42.7 Å². The molecule has 1 heterocycles. The van der Waals surface area contributed by atoms with Crippen LogP contribution < -0.4 is 0 Å². The number of Topliss-reactive ketones (excluding diaryl/α,β-unsaturated/α-hetero) is 1. The molecule has 3 fully saturated rings. The van der Waals surface area contributed by atoms with Gasteiger partial charge in [0, 0.05) is 25.2 Å². The second-order valence-corrected chi connectivity index (χ2v) is 19.6. The predicted molar refractivity (Wildman–Crippen MR) is 195 cm³/mol. The van der Waals surface area contributed by atoms with Crippen LogP contribution in [-0.4, -0.2) is 103 Å². The standard InChI is InChI=1S/C35H37Cl6O14/c1-16-19(43)12-33(48)26(54-27(45)18-9-7-6-8-10-18)24-31(5,25(44)23(22(16)30(33,3)4)53-29(47)51-15-35(39,40)41)20(52-28(46)50-14-34(36,37)38)11-21-32(24,13-49-21)55-17(2)42/h6-10,20-21,23-24,26,43,48H,11-15H2,1-5H3/t20-,21+,23+,24-,26-,31+,32-,33+/m0/s1. The number of esters is 2. The Balaban J connectivity index is 1.80. The zero-order chi connectivity index (χ0) is 41.1. The summed E-state index contributed by atoms with van der Waals surface area (Å²) in [7, 11) is 0. The molecule has 2 saturated carbocycles. The summed E-state index contributed by atoms with van der Waals surface area (Å²) in [5.41, 5.74) is -8.31. The monoisotopic (exact) mass is 891 g/mol. The first kappa shape index (κ1) is 43.8. The first-order valence-corrected chi connectivity index (χ1v) is 19.0. The molecule has 4 aliphatic rings. The minimum atomic E-state index is -2.41. The fraction of sp³-hybridized carbons (Fsp3) is 0.600. The van der Waals surface area contributed by atoms with Crippen LogP contribution >= 0.6 is 69.6 Å². The third-order valence-corrected chi connectivity index (χ3v) is 11.6. The molecule has 303 valence electrons. The summed E-state index contributed by atoms with van der Waals surface area (Å²) in [6, 6.07) is 7.68. The largest absolute Gasteiger partial charge is 0.509 e. The van der Waals surface area contributed by atoms with Crippen molar-refractivity contribution in [2.75, 3.05) is 19.8 Å². The van der Waals surface area contributed by atoms with E-state index in [0.717, 1.165) is 6.92 Å². The summed E-state index contributed by atoms with van der Waals surface area (Å²) < 4.78 is 35.5. The SMILES string of the molecule is CC(=O)O[C@@]12CO[C@@H]1C[C@H](OC(=O)OCC(Cl)(Cl)Cl)[C@@]1(C)C(=O)[C@H](OC(=O)OCC(Cl)(Cl)Cl)C3=C(C)[C](O)C[C@@](O)([C@@H](OC(=O)c4ccccc4)[C@H]21)C3(C)C. The Bertz CT molecular complexity index is 1740. The molecular formula is C35H37Cl6O14. The predicted octanol–water partition coefficient (Wildman–Crippen LogP) is 6.69. The second kappa shape index (κ2) is 15.5. The van der Waals surface area contributed by atoms with Crippen molar-refractivity contribution in [2.45, 2.75) is 90.7 Å². The molecule has 2 N–H and O–H groups in total. The molecule has 5 rings (SSSR count). The van der Waals surface area contributed by atoms with E-state index in [4.69, 9.17) is 103 Å². The summed E-state index contributed by atoms with van der Waals surface area (Å²) in [5, 5.41) is 24.7. The van der Waals surface area contributed by atoms with Gasteiger partial charge in [-0.2, -0.15) is 0 Å².